The van der Waals surface area contributed by atoms with Gasteiger partial charge in [0.25, 0.3) is 0 Å². The molecule has 0 saturated carbocycles. The van der Waals surface area contributed by atoms with E-state index in [1.54, 1.807) is 6.20 Å². The van der Waals surface area contributed by atoms with Crippen molar-refractivity contribution in [1.82, 2.24) is 19.9 Å². The molecule has 3 N–H and O–H groups in total. The van der Waals surface area contributed by atoms with Crippen molar-refractivity contribution in [3.63, 3.8) is 0 Å². The maximum absolute atomic E-state index is 5.94. The second-order valence-corrected chi connectivity index (χ2v) is 6.51. The fourth-order valence-corrected chi connectivity index (χ4v) is 3.00. The number of nitrogen functional groups attached to an aromatic ring is 1. The third-order valence-corrected chi connectivity index (χ3v) is 4.45. The summed E-state index contributed by atoms with van der Waals surface area (Å²) in [6.07, 6.45) is 2.58. The van der Waals surface area contributed by atoms with Gasteiger partial charge in [-0.2, -0.15) is 15.0 Å². The van der Waals surface area contributed by atoms with Crippen LogP contribution >= 0.6 is 0 Å². The van der Waals surface area contributed by atoms with Crippen molar-refractivity contribution in [2.24, 2.45) is 0 Å². The Morgan fingerprint density at radius 1 is 1.04 bits per heavy atom. The molecule has 0 atom stereocenters. The summed E-state index contributed by atoms with van der Waals surface area (Å²) < 4.78 is 5.44. The Bertz CT molecular complexity index is 913. The molecule has 0 amide bonds. The van der Waals surface area contributed by atoms with Crippen LogP contribution in [0, 0.1) is 0 Å². The van der Waals surface area contributed by atoms with E-state index in [0.29, 0.717) is 43.2 Å². The van der Waals surface area contributed by atoms with Gasteiger partial charge in [-0.1, -0.05) is 18.2 Å². The Labute approximate surface area is 163 Å². The minimum Gasteiger partial charge on any atom is -0.399 e. The fraction of sp³-hybridized carbons (Fsp3) is 0.300. The molecule has 4 rings (SSSR count). The molecule has 1 aliphatic rings. The lowest BCUT2D eigenvalue weighted by molar-refractivity contribution is 0.122. The van der Waals surface area contributed by atoms with Gasteiger partial charge in [0.05, 0.1) is 13.2 Å². The van der Waals surface area contributed by atoms with Gasteiger partial charge >= 0.3 is 0 Å². The minimum absolute atomic E-state index is 0.546. The molecular formula is C20H23N7O. The van der Waals surface area contributed by atoms with Gasteiger partial charge in [-0.25, -0.2) is 0 Å². The number of pyridine rings is 1. The molecule has 8 nitrogen and oxygen atoms in total. The number of hydrogen-bond donors (Lipinski definition) is 2. The highest BCUT2D eigenvalue weighted by atomic mass is 16.5. The molecule has 1 aliphatic heterocycles. The van der Waals surface area contributed by atoms with E-state index >= 15 is 0 Å². The van der Waals surface area contributed by atoms with Crippen molar-refractivity contribution in [3.8, 4) is 11.4 Å². The quantitative estimate of drug-likeness (QED) is 0.629. The summed E-state index contributed by atoms with van der Waals surface area (Å²) in [5, 5.41) is 3.31. The van der Waals surface area contributed by atoms with Crippen molar-refractivity contribution in [2.45, 2.75) is 6.42 Å². The van der Waals surface area contributed by atoms with E-state index < -0.39 is 0 Å². The molecule has 0 radical (unpaired) electrons. The molecule has 3 heterocycles. The first-order valence-corrected chi connectivity index (χ1v) is 9.36. The molecule has 144 valence electrons. The van der Waals surface area contributed by atoms with E-state index in [-0.39, 0.29) is 0 Å². The number of nitrogens with zero attached hydrogens (tertiary/aromatic N) is 5. The predicted octanol–water partition coefficient (Wildman–Crippen LogP) is 2.01. The van der Waals surface area contributed by atoms with Crippen LogP contribution in [0.4, 0.5) is 17.6 Å². The lowest BCUT2D eigenvalue weighted by atomic mass is 10.2. The third kappa shape index (κ3) is 4.52. The number of ether oxygens (including phenoxy) is 1. The van der Waals surface area contributed by atoms with E-state index in [1.807, 2.05) is 42.5 Å². The highest BCUT2D eigenvalue weighted by Gasteiger charge is 2.17. The van der Waals surface area contributed by atoms with Crippen LogP contribution in [0.25, 0.3) is 11.4 Å². The van der Waals surface area contributed by atoms with Crippen molar-refractivity contribution < 1.29 is 4.74 Å². The molecule has 0 bridgehead atoms. The highest BCUT2D eigenvalue weighted by Crippen LogP contribution is 2.22. The van der Waals surface area contributed by atoms with Crippen molar-refractivity contribution in [1.29, 1.82) is 0 Å². The van der Waals surface area contributed by atoms with E-state index in [2.05, 4.69) is 30.2 Å². The minimum atomic E-state index is 0.546. The van der Waals surface area contributed by atoms with Crippen LogP contribution in [-0.2, 0) is 11.2 Å². The second-order valence-electron chi connectivity index (χ2n) is 6.51. The molecule has 1 saturated heterocycles. The average molecular weight is 377 g/mol. The first kappa shape index (κ1) is 18.1. The summed E-state index contributed by atoms with van der Waals surface area (Å²) in [6.45, 7) is 3.53. The van der Waals surface area contributed by atoms with E-state index in [0.717, 1.165) is 30.8 Å². The van der Waals surface area contributed by atoms with Gasteiger partial charge < -0.3 is 20.7 Å². The number of benzene rings is 1. The Balaban J connectivity index is 1.57. The summed E-state index contributed by atoms with van der Waals surface area (Å²) in [6, 6.07) is 13.5. The zero-order valence-corrected chi connectivity index (χ0v) is 15.6. The Morgan fingerprint density at radius 3 is 2.71 bits per heavy atom. The zero-order valence-electron chi connectivity index (χ0n) is 15.6. The predicted molar refractivity (Wildman–Crippen MR) is 109 cm³/mol. The van der Waals surface area contributed by atoms with Gasteiger partial charge in [0.2, 0.25) is 11.9 Å². The molecule has 1 aromatic carbocycles. The molecule has 28 heavy (non-hydrogen) atoms. The number of aromatic nitrogens is 4. The van der Waals surface area contributed by atoms with Crippen molar-refractivity contribution in [3.05, 3.63) is 54.4 Å². The topological polar surface area (TPSA) is 102 Å². The number of anilines is 3. The second kappa shape index (κ2) is 8.62. The highest BCUT2D eigenvalue weighted by molar-refractivity contribution is 5.63. The SMILES string of the molecule is Nc1cccc(-c2nc(NCCc3ccccn3)nc(N3CCOCC3)n2)c1. The largest absolute Gasteiger partial charge is 0.399 e. The van der Waals surface area contributed by atoms with E-state index in [1.165, 1.54) is 0 Å². The third-order valence-electron chi connectivity index (χ3n) is 4.45. The Kier molecular flexibility index (Phi) is 5.58. The number of rotatable bonds is 6. The summed E-state index contributed by atoms with van der Waals surface area (Å²) in [4.78, 5) is 20.4. The molecule has 3 aromatic rings. The molecule has 8 heteroatoms. The van der Waals surface area contributed by atoms with Crippen LogP contribution in [-0.4, -0.2) is 52.8 Å². The van der Waals surface area contributed by atoms with Gasteiger partial charge in [-0.05, 0) is 24.3 Å². The first-order chi connectivity index (χ1) is 13.8. The molecule has 0 unspecified atom stereocenters. The lowest BCUT2D eigenvalue weighted by Crippen LogP contribution is -2.37. The fourth-order valence-electron chi connectivity index (χ4n) is 3.00. The smallest absolute Gasteiger partial charge is 0.230 e. The van der Waals surface area contributed by atoms with Crippen LogP contribution in [0.5, 0.6) is 0 Å². The number of hydrogen-bond acceptors (Lipinski definition) is 8. The summed E-state index contributed by atoms with van der Waals surface area (Å²) in [5.74, 6) is 1.80. The Hall–Kier alpha value is -3.26. The van der Waals surface area contributed by atoms with Crippen LogP contribution in [0.1, 0.15) is 5.69 Å². The molecule has 2 aromatic heterocycles. The molecular weight excluding hydrogens is 354 g/mol. The van der Waals surface area contributed by atoms with E-state index in [9.17, 15) is 0 Å². The first-order valence-electron chi connectivity index (χ1n) is 9.36. The van der Waals surface area contributed by atoms with Crippen molar-refractivity contribution in [2.75, 3.05) is 48.8 Å². The van der Waals surface area contributed by atoms with E-state index in [4.69, 9.17) is 10.5 Å². The van der Waals surface area contributed by atoms with Gasteiger partial charge in [0, 0.05) is 49.2 Å². The number of nitrogens with two attached hydrogens (primary N) is 1. The van der Waals surface area contributed by atoms with Crippen molar-refractivity contribution >= 4 is 17.6 Å². The normalized spacial score (nSPS) is 14.1. The molecule has 0 spiro atoms. The van der Waals surface area contributed by atoms with Crippen LogP contribution < -0.4 is 16.0 Å². The number of morpholine rings is 1. The van der Waals surface area contributed by atoms with Gasteiger partial charge in [0.1, 0.15) is 0 Å². The standard InChI is InChI=1S/C20H23N7O/c21-16-5-3-4-15(14-16)18-24-19(23-9-7-17-6-1-2-8-22-17)26-20(25-18)27-10-12-28-13-11-27/h1-6,8,14H,7,9-13,21H2,(H,23,24,25,26). The van der Waals surface area contributed by atoms with Crippen LogP contribution in [0.2, 0.25) is 0 Å². The Morgan fingerprint density at radius 2 is 1.93 bits per heavy atom. The summed E-state index contributed by atoms with van der Waals surface area (Å²) in [7, 11) is 0. The zero-order chi connectivity index (χ0) is 19.2. The lowest BCUT2D eigenvalue weighted by Gasteiger charge is -2.27. The average Bonchev–Trinajstić information content (AvgIpc) is 2.75. The van der Waals surface area contributed by atoms with Gasteiger partial charge in [0.15, 0.2) is 5.82 Å². The monoisotopic (exact) mass is 377 g/mol. The van der Waals surface area contributed by atoms with Crippen LogP contribution in [0.3, 0.4) is 0 Å². The van der Waals surface area contributed by atoms with Gasteiger partial charge in [-0.15, -0.1) is 0 Å². The molecule has 1 fully saturated rings. The maximum Gasteiger partial charge on any atom is 0.230 e. The maximum atomic E-state index is 5.94. The van der Waals surface area contributed by atoms with Crippen LogP contribution in [0.15, 0.2) is 48.7 Å². The molecule has 0 aliphatic carbocycles. The van der Waals surface area contributed by atoms with Gasteiger partial charge in [-0.3, -0.25) is 4.98 Å². The number of nitrogens with one attached hydrogen (secondary N) is 1. The summed E-state index contributed by atoms with van der Waals surface area (Å²) >= 11 is 0. The summed E-state index contributed by atoms with van der Waals surface area (Å²) in [5.41, 5.74) is 8.50.